The number of thioether (sulfide) groups is 1. The molecule has 2 heterocycles. The first kappa shape index (κ1) is 25.8. The van der Waals surface area contributed by atoms with E-state index in [2.05, 4.69) is 15.5 Å². The Morgan fingerprint density at radius 1 is 1.26 bits per heavy atom. The van der Waals surface area contributed by atoms with Gasteiger partial charge in [0.05, 0.1) is 23.4 Å². The number of rotatable bonds is 8. The van der Waals surface area contributed by atoms with Crippen LogP contribution in [0.5, 0.6) is 5.75 Å². The van der Waals surface area contributed by atoms with Crippen LogP contribution in [0.25, 0.3) is 0 Å². The molecule has 0 saturated carbocycles. The van der Waals surface area contributed by atoms with Gasteiger partial charge >= 0.3 is 5.97 Å². The number of halogens is 2. The molecule has 4 rings (SSSR count). The summed E-state index contributed by atoms with van der Waals surface area (Å²) >= 11 is 14.9. The number of aryl methyl sites for hydroxylation is 1. The molecule has 1 amide bonds. The number of esters is 1. The highest BCUT2D eigenvalue weighted by atomic mass is 35.5. The molecule has 8 nitrogen and oxygen atoms in total. The number of aromatic nitrogens is 3. The zero-order valence-electron chi connectivity index (χ0n) is 19.4. The zero-order valence-corrected chi connectivity index (χ0v) is 22.5. The summed E-state index contributed by atoms with van der Waals surface area (Å²) in [5.41, 5.74) is 1.49. The van der Waals surface area contributed by atoms with Gasteiger partial charge in [-0.15, -0.1) is 21.5 Å². The van der Waals surface area contributed by atoms with Crippen LogP contribution >= 0.6 is 46.3 Å². The summed E-state index contributed by atoms with van der Waals surface area (Å²) in [6, 6.07) is 4.99. The van der Waals surface area contributed by atoms with Gasteiger partial charge < -0.3 is 19.4 Å². The van der Waals surface area contributed by atoms with Crippen molar-refractivity contribution in [1.29, 1.82) is 0 Å². The van der Waals surface area contributed by atoms with Crippen molar-refractivity contribution in [3.05, 3.63) is 50.1 Å². The number of benzene rings is 1. The van der Waals surface area contributed by atoms with E-state index in [9.17, 15) is 9.59 Å². The van der Waals surface area contributed by atoms with Gasteiger partial charge in [0.2, 0.25) is 5.91 Å². The summed E-state index contributed by atoms with van der Waals surface area (Å²) in [5.74, 6) is 0.466. The highest BCUT2D eigenvalue weighted by Gasteiger charge is 2.27. The molecule has 1 N–H and O–H groups in total. The Labute approximate surface area is 221 Å². The summed E-state index contributed by atoms with van der Waals surface area (Å²) in [5, 5.41) is 13.4. The van der Waals surface area contributed by atoms with Crippen LogP contribution in [0.4, 0.5) is 5.00 Å². The lowest BCUT2D eigenvalue weighted by Gasteiger charge is -2.15. The van der Waals surface area contributed by atoms with Crippen LogP contribution in [0.3, 0.4) is 0 Å². The largest absolute Gasteiger partial charge is 0.481 e. The van der Waals surface area contributed by atoms with Gasteiger partial charge in [0.15, 0.2) is 17.1 Å². The Hall–Kier alpha value is -2.27. The minimum atomic E-state index is -0.452. The van der Waals surface area contributed by atoms with Crippen molar-refractivity contribution < 1.29 is 19.1 Å². The number of nitrogens with zero attached hydrogens (tertiary/aromatic N) is 3. The Kier molecular flexibility index (Phi) is 8.26. The van der Waals surface area contributed by atoms with Crippen molar-refractivity contribution in [1.82, 2.24) is 14.8 Å². The quantitative estimate of drug-likeness (QED) is 0.281. The molecule has 1 atom stereocenters. The van der Waals surface area contributed by atoms with Gasteiger partial charge in [-0.05, 0) is 50.3 Å². The molecule has 12 heteroatoms. The van der Waals surface area contributed by atoms with E-state index in [1.54, 1.807) is 29.8 Å². The first-order valence-corrected chi connectivity index (χ1v) is 13.5. The second kappa shape index (κ2) is 11.2. The average Bonchev–Trinajstić information content (AvgIpc) is 3.39. The standard InChI is InChI=1S/C23H24Cl2N4O4S2/c1-12(33-16-10-13(24)8-9-15(16)25)20-27-28-23(29(20)2)34-11-18(30)26-21-19(22(31)32-3)14-6-4-5-7-17(14)35-21/h8-10,12H,4-7,11H2,1-3H3,(H,26,30). The maximum Gasteiger partial charge on any atom is 0.341 e. The number of thiophene rings is 1. The molecule has 2 aromatic heterocycles. The molecular formula is C23H24Cl2N4O4S2. The molecule has 0 spiro atoms. The predicted octanol–water partition coefficient (Wildman–Crippen LogP) is 5.72. The molecule has 1 aliphatic carbocycles. The molecule has 186 valence electrons. The second-order valence-corrected chi connectivity index (χ2v) is 10.9. The SMILES string of the molecule is COC(=O)c1c(NC(=O)CSc2nnc(C(C)Oc3cc(Cl)ccc3Cl)n2C)sc2c1CCCC2. The maximum absolute atomic E-state index is 12.7. The van der Waals surface area contributed by atoms with Gasteiger partial charge in [0, 0.05) is 23.0 Å². The predicted molar refractivity (Wildman–Crippen MR) is 138 cm³/mol. The van der Waals surface area contributed by atoms with Gasteiger partial charge in [0.25, 0.3) is 0 Å². The summed E-state index contributed by atoms with van der Waals surface area (Å²) in [6.45, 7) is 1.83. The van der Waals surface area contributed by atoms with Crippen LogP contribution in [0.1, 0.15) is 52.5 Å². The van der Waals surface area contributed by atoms with E-state index in [-0.39, 0.29) is 11.7 Å². The van der Waals surface area contributed by atoms with Crippen LogP contribution in [0.2, 0.25) is 10.0 Å². The third kappa shape index (κ3) is 5.77. The minimum absolute atomic E-state index is 0.102. The fourth-order valence-electron chi connectivity index (χ4n) is 3.88. The van der Waals surface area contributed by atoms with Crippen LogP contribution in [-0.4, -0.2) is 39.5 Å². The van der Waals surface area contributed by atoms with Crippen molar-refractivity contribution >= 4 is 63.2 Å². The van der Waals surface area contributed by atoms with Gasteiger partial charge in [-0.3, -0.25) is 4.79 Å². The molecule has 3 aromatic rings. The monoisotopic (exact) mass is 554 g/mol. The third-order valence-corrected chi connectivity index (χ3v) is 8.35. The smallest absolute Gasteiger partial charge is 0.341 e. The van der Waals surface area contributed by atoms with Crippen LogP contribution in [0, 0.1) is 0 Å². The molecule has 0 radical (unpaired) electrons. The Bertz CT molecular complexity index is 1260. The third-order valence-electron chi connectivity index (χ3n) is 5.58. The van der Waals surface area contributed by atoms with E-state index >= 15 is 0 Å². The number of carbonyl (C=O) groups is 2. The van der Waals surface area contributed by atoms with E-state index < -0.39 is 12.1 Å². The van der Waals surface area contributed by atoms with Crippen molar-refractivity contribution in [3.63, 3.8) is 0 Å². The summed E-state index contributed by atoms with van der Waals surface area (Å²) in [7, 11) is 3.16. The maximum atomic E-state index is 12.7. The average molecular weight is 556 g/mol. The number of ether oxygens (including phenoxy) is 2. The van der Waals surface area contributed by atoms with Crippen LogP contribution in [-0.2, 0) is 29.4 Å². The molecule has 0 saturated heterocycles. The lowest BCUT2D eigenvalue weighted by molar-refractivity contribution is -0.113. The number of methoxy groups -OCH3 is 1. The summed E-state index contributed by atoms with van der Waals surface area (Å²) in [6.07, 6.45) is 3.39. The van der Waals surface area contributed by atoms with E-state index in [4.69, 9.17) is 32.7 Å². The van der Waals surface area contributed by atoms with Crippen molar-refractivity contribution in [3.8, 4) is 5.75 Å². The number of fused-ring (bicyclic) bond motifs is 1. The molecule has 0 fully saturated rings. The molecule has 0 bridgehead atoms. The number of nitrogens with one attached hydrogen (secondary N) is 1. The Morgan fingerprint density at radius 2 is 2.03 bits per heavy atom. The highest BCUT2D eigenvalue weighted by molar-refractivity contribution is 7.99. The van der Waals surface area contributed by atoms with Crippen LogP contribution < -0.4 is 10.1 Å². The van der Waals surface area contributed by atoms with Crippen molar-refractivity contribution in [2.45, 2.75) is 43.9 Å². The second-order valence-electron chi connectivity index (χ2n) is 7.98. The van der Waals surface area contributed by atoms with Crippen molar-refractivity contribution in [2.75, 3.05) is 18.2 Å². The number of anilines is 1. The zero-order chi connectivity index (χ0) is 25.1. The fourth-order valence-corrected chi connectivity index (χ4v) is 6.22. The molecule has 1 aromatic carbocycles. The lowest BCUT2D eigenvalue weighted by Crippen LogP contribution is -2.17. The molecule has 35 heavy (non-hydrogen) atoms. The van der Waals surface area contributed by atoms with Gasteiger partial charge in [-0.2, -0.15) is 0 Å². The first-order valence-electron chi connectivity index (χ1n) is 10.9. The first-order chi connectivity index (χ1) is 16.8. The Balaban J connectivity index is 1.41. The number of hydrogen-bond donors (Lipinski definition) is 1. The Morgan fingerprint density at radius 3 is 2.80 bits per heavy atom. The minimum Gasteiger partial charge on any atom is -0.481 e. The van der Waals surface area contributed by atoms with Gasteiger partial charge in [0.1, 0.15) is 10.8 Å². The number of amides is 1. The van der Waals surface area contributed by atoms with Crippen molar-refractivity contribution in [2.24, 2.45) is 7.05 Å². The number of hydrogen-bond acceptors (Lipinski definition) is 8. The van der Waals surface area contributed by atoms with Crippen LogP contribution in [0.15, 0.2) is 23.4 Å². The molecule has 0 aliphatic heterocycles. The van der Waals surface area contributed by atoms with Gasteiger partial charge in [-0.25, -0.2) is 4.79 Å². The number of carbonyl (C=O) groups excluding carboxylic acids is 2. The van der Waals surface area contributed by atoms with Gasteiger partial charge in [-0.1, -0.05) is 35.0 Å². The van der Waals surface area contributed by atoms with E-state index in [1.807, 2.05) is 6.92 Å². The molecule has 1 aliphatic rings. The summed E-state index contributed by atoms with van der Waals surface area (Å²) < 4.78 is 12.7. The molecular weight excluding hydrogens is 531 g/mol. The van der Waals surface area contributed by atoms with E-state index in [0.29, 0.717) is 37.3 Å². The van der Waals surface area contributed by atoms with E-state index in [1.165, 1.54) is 30.2 Å². The molecule has 1 unspecified atom stereocenters. The summed E-state index contributed by atoms with van der Waals surface area (Å²) in [4.78, 5) is 26.3. The van der Waals surface area contributed by atoms with E-state index in [0.717, 1.165) is 36.1 Å². The lowest BCUT2D eigenvalue weighted by atomic mass is 9.95. The fraction of sp³-hybridized carbons (Fsp3) is 0.391. The normalized spacial score (nSPS) is 13.7. The topological polar surface area (TPSA) is 95.3 Å². The highest BCUT2D eigenvalue weighted by Crippen LogP contribution is 2.39.